The first-order valence-electron chi connectivity index (χ1n) is 7.81. The van der Waals surface area contributed by atoms with E-state index in [4.69, 9.17) is 18.0 Å². The van der Waals surface area contributed by atoms with Gasteiger partial charge in [-0.3, -0.25) is 14.5 Å². The van der Waals surface area contributed by atoms with Crippen molar-refractivity contribution in [1.82, 2.24) is 19.6 Å². The molecule has 1 atom stereocenters. The highest BCUT2D eigenvalue weighted by molar-refractivity contribution is 7.80. The normalized spacial score (nSPS) is 19.0. The summed E-state index contributed by atoms with van der Waals surface area (Å²) in [5.41, 5.74) is 6.98. The molecule has 1 unspecified atom stereocenters. The first-order valence-corrected chi connectivity index (χ1v) is 8.21. The second-order valence-electron chi connectivity index (χ2n) is 6.02. The fourth-order valence-corrected chi connectivity index (χ4v) is 3.17. The van der Waals surface area contributed by atoms with E-state index in [0.29, 0.717) is 11.0 Å². The molecule has 0 bridgehead atoms. The van der Waals surface area contributed by atoms with Crippen LogP contribution in [0.3, 0.4) is 0 Å². The lowest BCUT2D eigenvalue weighted by Gasteiger charge is -2.38. The molecule has 6 heteroatoms. The predicted octanol–water partition coefficient (Wildman–Crippen LogP) is 1.65. The van der Waals surface area contributed by atoms with E-state index in [2.05, 4.69) is 47.9 Å². The third-order valence-corrected chi connectivity index (χ3v) is 4.41. The van der Waals surface area contributed by atoms with E-state index in [-0.39, 0.29) is 6.04 Å². The Labute approximate surface area is 133 Å². The zero-order valence-corrected chi connectivity index (χ0v) is 14.1. The standard InChI is InChI=1S/C15H27N5S/c1-4-14(15(16)21)19-9-7-18(8-10-19)11-13-5-6-20(17-13)12(2)3/h5-6,12,14H,4,7-11H2,1-3H3,(H2,16,21). The van der Waals surface area contributed by atoms with Gasteiger partial charge in [0, 0.05) is 45.0 Å². The maximum absolute atomic E-state index is 5.83. The Morgan fingerprint density at radius 1 is 1.33 bits per heavy atom. The predicted molar refractivity (Wildman–Crippen MR) is 90.3 cm³/mol. The van der Waals surface area contributed by atoms with Gasteiger partial charge in [-0.15, -0.1) is 0 Å². The summed E-state index contributed by atoms with van der Waals surface area (Å²) in [7, 11) is 0. The summed E-state index contributed by atoms with van der Waals surface area (Å²) in [6.07, 6.45) is 3.06. The summed E-state index contributed by atoms with van der Waals surface area (Å²) in [6, 6.07) is 2.80. The van der Waals surface area contributed by atoms with Gasteiger partial charge >= 0.3 is 0 Å². The third-order valence-electron chi connectivity index (χ3n) is 4.14. The minimum absolute atomic E-state index is 0.252. The molecule has 1 fully saturated rings. The van der Waals surface area contributed by atoms with Crippen molar-refractivity contribution in [1.29, 1.82) is 0 Å². The molecule has 1 aliphatic rings. The highest BCUT2D eigenvalue weighted by Gasteiger charge is 2.24. The number of nitrogens with zero attached hydrogens (tertiary/aromatic N) is 4. The van der Waals surface area contributed by atoms with E-state index in [9.17, 15) is 0 Å². The SMILES string of the molecule is CCC(C(N)=S)N1CCN(Cc2ccn(C(C)C)n2)CC1. The van der Waals surface area contributed by atoms with Crippen LogP contribution < -0.4 is 5.73 Å². The van der Waals surface area contributed by atoms with Crippen molar-refractivity contribution in [2.45, 2.75) is 45.8 Å². The van der Waals surface area contributed by atoms with Crippen molar-refractivity contribution in [2.75, 3.05) is 26.2 Å². The molecule has 1 aliphatic heterocycles. The molecule has 1 saturated heterocycles. The van der Waals surface area contributed by atoms with E-state index < -0.39 is 0 Å². The van der Waals surface area contributed by atoms with Crippen LogP contribution in [-0.4, -0.2) is 56.8 Å². The van der Waals surface area contributed by atoms with Gasteiger partial charge in [-0.1, -0.05) is 19.1 Å². The second-order valence-corrected chi connectivity index (χ2v) is 6.49. The molecule has 0 aromatic carbocycles. The first-order chi connectivity index (χ1) is 10.0. The van der Waals surface area contributed by atoms with Gasteiger partial charge < -0.3 is 5.73 Å². The molecule has 0 saturated carbocycles. The first kappa shape index (κ1) is 16.4. The topological polar surface area (TPSA) is 50.3 Å². The number of nitrogens with two attached hydrogens (primary N) is 1. The van der Waals surface area contributed by atoms with Gasteiger partial charge in [-0.05, 0) is 26.3 Å². The number of thiocarbonyl (C=S) groups is 1. The van der Waals surface area contributed by atoms with Gasteiger partial charge in [0.1, 0.15) is 0 Å². The molecule has 0 spiro atoms. The summed E-state index contributed by atoms with van der Waals surface area (Å²) in [6.45, 7) is 11.5. The number of piperazine rings is 1. The molecule has 0 radical (unpaired) electrons. The van der Waals surface area contributed by atoms with Gasteiger partial charge in [0.2, 0.25) is 0 Å². The van der Waals surface area contributed by atoms with Crippen LogP contribution in [0.2, 0.25) is 0 Å². The van der Waals surface area contributed by atoms with Crippen LogP contribution in [0, 0.1) is 0 Å². The molecule has 1 aromatic heterocycles. The molecule has 0 amide bonds. The summed E-state index contributed by atoms with van der Waals surface area (Å²) < 4.78 is 2.02. The smallest absolute Gasteiger partial charge is 0.0901 e. The van der Waals surface area contributed by atoms with Crippen LogP contribution in [-0.2, 0) is 6.54 Å². The Balaban J connectivity index is 1.84. The Morgan fingerprint density at radius 3 is 2.48 bits per heavy atom. The summed E-state index contributed by atoms with van der Waals surface area (Å²) >= 11 is 5.17. The molecule has 2 N–H and O–H groups in total. The van der Waals surface area contributed by atoms with Crippen LogP contribution in [0.25, 0.3) is 0 Å². The van der Waals surface area contributed by atoms with Crippen molar-refractivity contribution in [3.05, 3.63) is 18.0 Å². The molecule has 21 heavy (non-hydrogen) atoms. The molecule has 0 aliphatic carbocycles. The van der Waals surface area contributed by atoms with Crippen LogP contribution >= 0.6 is 12.2 Å². The maximum Gasteiger partial charge on any atom is 0.0901 e. The molecular formula is C15H27N5S. The van der Waals surface area contributed by atoms with E-state index in [1.807, 2.05) is 4.68 Å². The van der Waals surface area contributed by atoms with Gasteiger partial charge in [0.15, 0.2) is 0 Å². The van der Waals surface area contributed by atoms with E-state index in [1.165, 1.54) is 0 Å². The third kappa shape index (κ3) is 4.25. The molecular weight excluding hydrogens is 282 g/mol. The van der Waals surface area contributed by atoms with Gasteiger partial charge in [0.25, 0.3) is 0 Å². The lowest BCUT2D eigenvalue weighted by molar-refractivity contribution is 0.110. The zero-order chi connectivity index (χ0) is 15.4. The lowest BCUT2D eigenvalue weighted by atomic mass is 10.1. The molecule has 118 valence electrons. The monoisotopic (exact) mass is 309 g/mol. The van der Waals surface area contributed by atoms with Gasteiger partial charge in [-0.2, -0.15) is 5.10 Å². The van der Waals surface area contributed by atoms with E-state index >= 15 is 0 Å². The summed E-state index contributed by atoms with van der Waals surface area (Å²) in [5, 5.41) is 4.62. The summed E-state index contributed by atoms with van der Waals surface area (Å²) in [5.74, 6) is 0. The fraction of sp³-hybridized carbons (Fsp3) is 0.733. The van der Waals surface area contributed by atoms with Crippen molar-refractivity contribution < 1.29 is 0 Å². The van der Waals surface area contributed by atoms with Crippen molar-refractivity contribution in [3.63, 3.8) is 0 Å². The number of hydrogen-bond acceptors (Lipinski definition) is 4. The minimum atomic E-state index is 0.252. The molecule has 1 aromatic rings. The highest BCUT2D eigenvalue weighted by atomic mass is 32.1. The Hall–Kier alpha value is -0.980. The Morgan fingerprint density at radius 2 is 2.00 bits per heavy atom. The number of rotatable bonds is 6. The fourth-order valence-electron chi connectivity index (χ4n) is 2.85. The van der Waals surface area contributed by atoms with Crippen molar-refractivity contribution >= 4 is 17.2 Å². The van der Waals surface area contributed by atoms with Crippen LogP contribution in [0.5, 0.6) is 0 Å². The largest absolute Gasteiger partial charge is 0.392 e. The van der Waals surface area contributed by atoms with Crippen LogP contribution in [0.1, 0.15) is 38.9 Å². The van der Waals surface area contributed by atoms with Crippen LogP contribution in [0.15, 0.2) is 12.3 Å². The summed E-state index contributed by atoms with van der Waals surface area (Å²) in [4.78, 5) is 5.49. The quantitative estimate of drug-likeness (QED) is 0.810. The average molecular weight is 309 g/mol. The van der Waals surface area contributed by atoms with E-state index in [1.54, 1.807) is 0 Å². The molecule has 5 nitrogen and oxygen atoms in total. The number of hydrogen-bond donors (Lipinski definition) is 1. The lowest BCUT2D eigenvalue weighted by Crippen LogP contribution is -2.53. The van der Waals surface area contributed by atoms with Gasteiger partial charge in [0.05, 0.1) is 16.7 Å². The molecule has 2 heterocycles. The number of aromatic nitrogens is 2. The van der Waals surface area contributed by atoms with Crippen LogP contribution in [0.4, 0.5) is 0 Å². The average Bonchev–Trinajstić information content (AvgIpc) is 2.90. The van der Waals surface area contributed by atoms with E-state index in [0.717, 1.165) is 44.8 Å². The second kappa shape index (κ2) is 7.33. The zero-order valence-electron chi connectivity index (χ0n) is 13.3. The minimum Gasteiger partial charge on any atom is -0.392 e. The highest BCUT2D eigenvalue weighted by Crippen LogP contribution is 2.12. The van der Waals surface area contributed by atoms with Crippen molar-refractivity contribution in [2.24, 2.45) is 5.73 Å². The maximum atomic E-state index is 5.83. The molecule has 2 rings (SSSR count). The van der Waals surface area contributed by atoms with Crippen molar-refractivity contribution in [3.8, 4) is 0 Å². The Kier molecular flexibility index (Phi) is 5.72. The Bertz CT molecular complexity index is 462. The van der Waals surface area contributed by atoms with Gasteiger partial charge in [-0.25, -0.2) is 0 Å².